The molecule has 13 heteroatoms. The zero-order valence-electron chi connectivity index (χ0n) is 23.7. The van der Waals surface area contributed by atoms with Gasteiger partial charge in [0, 0.05) is 24.8 Å². The number of nitrogens with zero attached hydrogens (tertiary/aromatic N) is 5. The van der Waals surface area contributed by atoms with E-state index in [1.54, 1.807) is 30.3 Å². The number of hydrogen-bond donors (Lipinski definition) is 1. The van der Waals surface area contributed by atoms with Crippen LogP contribution in [-0.2, 0) is 30.9 Å². The second kappa shape index (κ2) is 12.7. The van der Waals surface area contributed by atoms with E-state index in [-0.39, 0.29) is 42.2 Å². The first-order valence-corrected chi connectivity index (χ1v) is 16.0. The number of benzene rings is 2. The molecule has 1 saturated carbocycles. The van der Waals surface area contributed by atoms with Gasteiger partial charge in [-0.2, -0.15) is 4.31 Å². The Labute approximate surface area is 249 Å². The summed E-state index contributed by atoms with van der Waals surface area (Å²) in [6.45, 7) is 0.988. The number of hydrogen-bond acceptors (Lipinski definition) is 8. The molecule has 2 amide bonds. The Morgan fingerprint density at radius 3 is 2.44 bits per heavy atom. The Bertz CT molecular complexity index is 1660. The number of amides is 2. The third-order valence-electron chi connectivity index (χ3n) is 7.97. The van der Waals surface area contributed by atoms with Crippen LogP contribution >= 0.6 is 0 Å². The molecule has 2 aliphatic rings. The van der Waals surface area contributed by atoms with Crippen molar-refractivity contribution in [2.75, 3.05) is 31.2 Å². The molecule has 43 heavy (non-hydrogen) atoms. The number of ether oxygens (including phenoxy) is 1. The molecular formula is C30H34N6O6S. The van der Waals surface area contributed by atoms with Crippen molar-refractivity contribution < 1.29 is 27.2 Å². The molecule has 0 spiro atoms. The minimum atomic E-state index is -3.76. The van der Waals surface area contributed by atoms with E-state index >= 15 is 0 Å². The number of morpholine rings is 1. The predicted molar refractivity (Wildman–Crippen MR) is 157 cm³/mol. The van der Waals surface area contributed by atoms with E-state index in [1.165, 1.54) is 32.3 Å². The van der Waals surface area contributed by atoms with Crippen LogP contribution in [0.1, 0.15) is 43.9 Å². The van der Waals surface area contributed by atoms with Gasteiger partial charge in [-0.3, -0.25) is 14.5 Å². The second-order valence-electron chi connectivity index (χ2n) is 10.8. The fraction of sp³-hybridized carbons (Fsp3) is 0.400. The summed E-state index contributed by atoms with van der Waals surface area (Å²) >= 11 is 0. The summed E-state index contributed by atoms with van der Waals surface area (Å²) in [7, 11) is -3.76. The first kappa shape index (κ1) is 29.0. The van der Waals surface area contributed by atoms with Crippen molar-refractivity contribution in [3.8, 4) is 0 Å². The molecule has 12 nitrogen and oxygen atoms in total. The highest BCUT2D eigenvalue weighted by Crippen LogP contribution is 2.31. The lowest BCUT2D eigenvalue weighted by Gasteiger charge is -2.32. The van der Waals surface area contributed by atoms with Crippen molar-refractivity contribution in [1.82, 2.24) is 24.6 Å². The number of fused-ring (bicyclic) bond motifs is 1. The summed E-state index contributed by atoms with van der Waals surface area (Å²) in [6, 6.07) is 15.5. The fourth-order valence-corrected chi connectivity index (χ4v) is 7.15. The average molecular weight is 607 g/mol. The van der Waals surface area contributed by atoms with Crippen LogP contribution in [0.25, 0.3) is 11.0 Å². The van der Waals surface area contributed by atoms with Crippen LogP contribution in [0.2, 0.25) is 0 Å². The number of rotatable bonds is 9. The minimum Gasteiger partial charge on any atom is -0.467 e. The van der Waals surface area contributed by atoms with Crippen molar-refractivity contribution in [2.45, 2.75) is 55.6 Å². The van der Waals surface area contributed by atoms with Gasteiger partial charge in [0.2, 0.25) is 15.9 Å². The minimum absolute atomic E-state index is 0.00374. The van der Waals surface area contributed by atoms with Gasteiger partial charge in [0.1, 0.15) is 17.8 Å². The Hall–Kier alpha value is -4.07. The van der Waals surface area contributed by atoms with Crippen molar-refractivity contribution in [2.24, 2.45) is 0 Å². The highest BCUT2D eigenvalue weighted by Gasteiger charge is 2.37. The topological polar surface area (TPSA) is 140 Å². The molecule has 0 unspecified atom stereocenters. The van der Waals surface area contributed by atoms with E-state index in [4.69, 9.17) is 9.15 Å². The third-order valence-corrected chi connectivity index (χ3v) is 9.88. The molecular weight excluding hydrogens is 572 g/mol. The number of carbonyl (C=O) groups excluding carboxylic acids is 2. The molecule has 1 N–H and O–H groups in total. The molecule has 2 fully saturated rings. The lowest BCUT2D eigenvalue weighted by molar-refractivity contribution is -0.128. The largest absolute Gasteiger partial charge is 0.467 e. The summed E-state index contributed by atoms with van der Waals surface area (Å²) in [5, 5.41) is 11.5. The monoisotopic (exact) mass is 606 g/mol. The number of para-hydroxylation sites is 1. The number of furan rings is 1. The molecule has 2 aromatic heterocycles. The van der Waals surface area contributed by atoms with E-state index in [0.717, 1.165) is 32.1 Å². The lowest BCUT2D eigenvalue weighted by atomic mass is 9.95. The van der Waals surface area contributed by atoms with Gasteiger partial charge in [-0.25, -0.2) is 13.1 Å². The summed E-state index contributed by atoms with van der Waals surface area (Å²) in [6.07, 6.45) is 6.37. The van der Waals surface area contributed by atoms with Gasteiger partial charge in [0.25, 0.3) is 5.91 Å². The van der Waals surface area contributed by atoms with Gasteiger partial charge >= 0.3 is 0 Å². The summed E-state index contributed by atoms with van der Waals surface area (Å²) in [4.78, 5) is 29.6. The van der Waals surface area contributed by atoms with E-state index in [2.05, 4.69) is 15.6 Å². The van der Waals surface area contributed by atoms with Gasteiger partial charge in [-0.15, -0.1) is 5.10 Å². The maximum absolute atomic E-state index is 14.2. The predicted octanol–water partition coefficient (Wildman–Crippen LogP) is 3.27. The zero-order chi connectivity index (χ0) is 29.8. The molecule has 226 valence electrons. The van der Waals surface area contributed by atoms with Crippen molar-refractivity contribution in [3.05, 3.63) is 72.7 Å². The number of sulfonamides is 1. The van der Waals surface area contributed by atoms with E-state index in [0.29, 0.717) is 29.9 Å². The molecule has 2 aromatic carbocycles. The highest BCUT2D eigenvalue weighted by atomic mass is 32.2. The maximum atomic E-state index is 14.2. The molecule has 1 aliphatic heterocycles. The standard InChI is InChI=1S/C30H34N6O6S/c37-28(21-35-26-10-5-4-9-25(26)32-33-35)36(23-12-14-24(15-13-23)43(39,40)34-16-19-41-20-17-34)29(27-11-6-18-42-27)30(38)31-22-7-2-1-3-8-22/h4-6,9-15,18,22,29H,1-3,7-8,16-17,19-21H2,(H,31,38)/t29-/m1/s1. The number of aromatic nitrogens is 3. The highest BCUT2D eigenvalue weighted by molar-refractivity contribution is 7.89. The van der Waals surface area contributed by atoms with Crippen LogP contribution in [0.15, 0.2) is 76.2 Å². The first-order chi connectivity index (χ1) is 20.9. The lowest BCUT2D eigenvalue weighted by Crippen LogP contribution is -2.48. The number of anilines is 1. The smallest absolute Gasteiger partial charge is 0.251 e. The Morgan fingerprint density at radius 2 is 1.72 bits per heavy atom. The van der Waals surface area contributed by atoms with Gasteiger partial charge in [0.15, 0.2) is 6.04 Å². The quantitative estimate of drug-likeness (QED) is 0.306. The van der Waals surface area contributed by atoms with Crippen molar-refractivity contribution in [1.29, 1.82) is 0 Å². The average Bonchev–Trinajstić information content (AvgIpc) is 3.71. The van der Waals surface area contributed by atoms with Crippen LogP contribution in [-0.4, -0.2) is 71.9 Å². The van der Waals surface area contributed by atoms with Crippen molar-refractivity contribution >= 4 is 38.6 Å². The Kier molecular flexibility index (Phi) is 8.54. The van der Waals surface area contributed by atoms with E-state index in [1.807, 2.05) is 18.2 Å². The SMILES string of the molecule is O=C(NC1CCCCC1)[C@@H](c1ccco1)N(C(=O)Cn1nnc2ccccc21)c1ccc(S(=O)(=O)N2CCOCC2)cc1. The summed E-state index contributed by atoms with van der Waals surface area (Å²) < 4.78 is 40.5. The molecule has 6 rings (SSSR count). The molecule has 3 heterocycles. The molecule has 1 atom stereocenters. The molecule has 0 radical (unpaired) electrons. The van der Waals surface area contributed by atoms with Crippen molar-refractivity contribution in [3.63, 3.8) is 0 Å². The normalized spacial score (nSPS) is 17.5. The fourth-order valence-electron chi connectivity index (χ4n) is 5.74. The van der Waals surface area contributed by atoms with Crippen LogP contribution in [0.3, 0.4) is 0 Å². The summed E-state index contributed by atoms with van der Waals surface area (Å²) in [5.74, 6) is -0.529. The summed E-state index contributed by atoms with van der Waals surface area (Å²) in [5.41, 5.74) is 1.65. The van der Waals surface area contributed by atoms with Gasteiger partial charge in [-0.05, 0) is 61.4 Å². The number of carbonyl (C=O) groups is 2. The molecule has 0 bridgehead atoms. The van der Waals surface area contributed by atoms with Gasteiger partial charge < -0.3 is 14.5 Å². The number of nitrogens with one attached hydrogen (secondary N) is 1. The Morgan fingerprint density at radius 1 is 0.977 bits per heavy atom. The van der Waals surface area contributed by atoms with Crippen LogP contribution in [0.4, 0.5) is 5.69 Å². The third kappa shape index (κ3) is 6.19. The molecule has 1 aliphatic carbocycles. The van der Waals surface area contributed by atoms with E-state index in [9.17, 15) is 18.0 Å². The van der Waals surface area contributed by atoms with Gasteiger partial charge in [-0.1, -0.05) is 36.6 Å². The molecule has 1 saturated heterocycles. The van der Waals surface area contributed by atoms with E-state index < -0.39 is 22.0 Å². The Balaban J connectivity index is 1.37. The second-order valence-corrected chi connectivity index (χ2v) is 12.7. The van der Waals surface area contributed by atoms with Gasteiger partial charge in [0.05, 0.1) is 29.9 Å². The maximum Gasteiger partial charge on any atom is 0.251 e. The zero-order valence-corrected chi connectivity index (χ0v) is 24.5. The first-order valence-electron chi connectivity index (χ1n) is 14.5. The molecule has 4 aromatic rings. The van der Waals surface area contributed by atoms with Crippen LogP contribution in [0, 0.1) is 0 Å². The van der Waals surface area contributed by atoms with Crippen LogP contribution in [0.5, 0.6) is 0 Å². The van der Waals surface area contributed by atoms with Crippen LogP contribution < -0.4 is 10.2 Å².